The lowest BCUT2D eigenvalue weighted by Crippen LogP contribution is -2.50. The van der Waals surface area contributed by atoms with Crippen molar-refractivity contribution in [1.82, 2.24) is 0 Å². The normalized spacial score (nSPS) is 10.6. The fourth-order valence-corrected chi connectivity index (χ4v) is 2.69. The Kier molecular flexibility index (Phi) is 10.3. The van der Waals surface area contributed by atoms with Crippen LogP contribution in [0.2, 0.25) is 0 Å². The van der Waals surface area contributed by atoms with Crippen LogP contribution in [0.1, 0.15) is 39.0 Å². The van der Waals surface area contributed by atoms with Crippen LogP contribution < -0.4 is 4.74 Å². The first-order valence-corrected chi connectivity index (χ1v) is 9.62. The Morgan fingerprint density at radius 1 is 0.900 bits per heavy atom. The summed E-state index contributed by atoms with van der Waals surface area (Å²) in [6.07, 6.45) is 2.91. The van der Waals surface area contributed by atoms with Crippen LogP contribution in [-0.4, -0.2) is 44.7 Å². The van der Waals surface area contributed by atoms with Crippen LogP contribution in [0.3, 0.4) is 0 Å². The van der Waals surface area contributed by atoms with E-state index in [0.717, 1.165) is 33.5 Å². The number of methoxy groups -OCH3 is 2. The second-order valence-electron chi connectivity index (χ2n) is 6.57. The number of ether oxygens (including phenoxy) is 4. The molecule has 0 bridgehead atoms. The lowest BCUT2D eigenvalue weighted by Gasteiger charge is -2.26. The van der Waals surface area contributed by atoms with Crippen molar-refractivity contribution in [2.45, 2.75) is 39.0 Å². The van der Waals surface area contributed by atoms with Crippen LogP contribution in [0.5, 0.6) is 5.75 Å². The number of esters is 4. The lowest BCUT2D eigenvalue weighted by molar-refractivity contribution is -0.177. The van der Waals surface area contributed by atoms with Crippen LogP contribution in [0.25, 0.3) is 0 Å². The molecule has 30 heavy (non-hydrogen) atoms. The highest BCUT2D eigenvalue weighted by molar-refractivity contribution is 6.19. The number of hydrogen-bond donors (Lipinski definition) is 0. The predicted molar refractivity (Wildman–Crippen MR) is 107 cm³/mol. The molecule has 8 nitrogen and oxygen atoms in total. The Morgan fingerprint density at radius 3 is 2.03 bits per heavy atom. The highest BCUT2D eigenvalue weighted by atomic mass is 16.6. The van der Waals surface area contributed by atoms with Gasteiger partial charge >= 0.3 is 23.9 Å². The van der Waals surface area contributed by atoms with Crippen LogP contribution in [-0.2, 0) is 33.4 Å². The number of rotatable bonds is 12. The van der Waals surface area contributed by atoms with Gasteiger partial charge in [0.2, 0.25) is 0 Å². The molecule has 0 aromatic heterocycles. The standard InChI is InChI=1S/C22H28O8/c1-5-6-7-11-14-29-18(23)16(2)15-22(19(24)27-3,20(25)28-4)21(26)30-17-12-9-8-10-13-17/h8-10,12-13H,2,5-7,11,14-15H2,1,3-4H3. The van der Waals surface area contributed by atoms with Gasteiger partial charge in [0, 0.05) is 12.0 Å². The third-order valence-corrected chi connectivity index (χ3v) is 4.37. The van der Waals surface area contributed by atoms with Crippen molar-refractivity contribution < 1.29 is 38.1 Å². The fraction of sp³-hybridized carbons (Fsp3) is 0.455. The third kappa shape index (κ3) is 6.43. The van der Waals surface area contributed by atoms with Crippen molar-refractivity contribution in [3.05, 3.63) is 42.5 Å². The van der Waals surface area contributed by atoms with Gasteiger partial charge in [-0.25, -0.2) is 9.59 Å². The summed E-state index contributed by atoms with van der Waals surface area (Å²) < 4.78 is 19.7. The maximum Gasteiger partial charge on any atom is 0.340 e. The maximum atomic E-state index is 12.9. The molecule has 0 aliphatic heterocycles. The minimum absolute atomic E-state index is 0.101. The topological polar surface area (TPSA) is 105 Å². The highest BCUT2D eigenvalue weighted by Gasteiger charge is 2.58. The lowest BCUT2D eigenvalue weighted by atomic mass is 9.81. The number of unbranched alkanes of at least 4 members (excludes halogenated alkanes) is 3. The van der Waals surface area contributed by atoms with Crippen molar-refractivity contribution in [2.24, 2.45) is 5.41 Å². The van der Waals surface area contributed by atoms with Gasteiger partial charge in [0.05, 0.1) is 20.8 Å². The molecule has 1 rings (SSSR count). The van der Waals surface area contributed by atoms with Crippen molar-refractivity contribution in [1.29, 1.82) is 0 Å². The molecular formula is C22H28O8. The van der Waals surface area contributed by atoms with E-state index in [1.807, 2.05) is 0 Å². The number of hydrogen-bond acceptors (Lipinski definition) is 8. The van der Waals surface area contributed by atoms with Crippen molar-refractivity contribution >= 4 is 23.9 Å². The Balaban J connectivity index is 3.06. The van der Waals surface area contributed by atoms with Gasteiger partial charge < -0.3 is 18.9 Å². The van der Waals surface area contributed by atoms with E-state index in [1.54, 1.807) is 18.2 Å². The Labute approximate surface area is 176 Å². The van der Waals surface area contributed by atoms with E-state index in [2.05, 4.69) is 23.0 Å². The predicted octanol–water partition coefficient (Wildman–Crippen LogP) is 2.99. The summed E-state index contributed by atoms with van der Waals surface area (Å²) in [7, 11) is 2.01. The molecule has 0 aliphatic carbocycles. The first kappa shape index (κ1) is 24.9. The number of carbonyl (C=O) groups excluding carboxylic acids is 4. The molecular weight excluding hydrogens is 392 g/mol. The molecule has 0 unspecified atom stereocenters. The average Bonchev–Trinajstić information content (AvgIpc) is 2.76. The summed E-state index contributed by atoms with van der Waals surface area (Å²) in [5.74, 6) is -4.43. The molecule has 0 spiro atoms. The summed E-state index contributed by atoms with van der Waals surface area (Å²) in [5, 5.41) is 0. The molecule has 0 saturated carbocycles. The van der Waals surface area contributed by atoms with E-state index in [4.69, 9.17) is 9.47 Å². The van der Waals surface area contributed by atoms with E-state index in [-0.39, 0.29) is 17.9 Å². The summed E-state index contributed by atoms with van der Waals surface area (Å²) in [6, 6.07) is 7.85. The molecule has 0 atom stereocenters. The van der Waals surface area contributed by atoms with Gasteiger partial charge in [-0.3, -0.25) is 9.59 Å². The number of carbonyl (C=O) groups is 4. The van der Waals surface area contributed by atoms with Gasteiger partial charge in [-0.1, -0.05) is 51.0 Å². The molecule has 164 valence electrons. The zero-order valence-corrected chi connectivity index (χ0v) is 17.6. The van der Waals surface area contributed by atoms with E-state index in [1.165, 1.54) is 12.1 Å². The second kappa shape index (κ2) is 12.4. The molecule has 1 aromatic rings. The smallest absolute Gasteiger partial charge is 0.340 e. The third-order valence-electron chi connectivity index (χ3n) is 4.37. The van der Waals surface area contributed by atoms with Crippen LogP contribution in [0, 0.1) is 5.41 Å². The first-order valence-electron chi connectivity index (χ1n) is 9.62. The molecule has 0 saturated heterocycles. The van der Waals surface area contributed by atoms with E-state index in [0.29, 0.717) is 6.42 Å². The molecule has 0 heterocycles. The SMILES string of the molecule is C=C(CC(C(=O)OC)(C(=O)OC)C(=O)Oc1ccccc1)C(=O)OCCCCCC. The molecule has 0 N–H and O–H groups in total. The van der Waals surface area contributed by atoms with Crippen LogP contribution >= 0.6 is 0 Å². The maximum absolute atomic E-state index is 12.9. The van der Waals surface area contributed by atoms with E-state index >= 15 is 0 Å². The Hall–Kier alpha value is -3.16. The van der Waals surface area contributed by atoms with Gasteiger partial charge in [-0.05, 0) is 18.6 Å². The Morgan fingerprint density at radius 2 is 1.50 bits per heavy atom. The van der Waals surface area contributed by atoms with Crippen molar-refractivity contribution in [3.63, 3.8) is 0 Å². The summed E-state index contributed by atoms with van der Waals surface area (Å²) in [5.41, 5.74) is -2.82. The van der Waals surface area contributed by atoms with Gasteiger partial charge in [-0.2, -0.15) is 0 Å². The first-order chi connectivity index (χ1) is 14.3. The molecule has 0 fully saturated rings. The molecule has 8 heteroatoms. The number of para-hydroxylation sites is 1. The minimum Gasteiger partial charge on any atom is -0.468 e. The minimum atomic E-state index is -2.56. The van der Waals surface area contributed by atoms with Gasteiger partial charge in [0.15, 0.2) is 0 Å². The number of benzene rings is 1. The monoisotopic (exact) mass is 420 g/mol. The molecule has 1 aromatic carbocycles. The molecule has 0 amide bonds. The zero-order valence-electron chi connectivity index (χ0n) is 17.6. The van der Waals surface area contributed by atoms with E-state index < -0.39 is 35.7 Å². The molecule has 0 radical (unpaired) electrons. The van der Waals surface area contributed by atoms with Crippen LogP contribution in [0.4, 0.5) is 0 Å². The average molecular weight is 420 g/mol. The van der Waals surface area contributed by atoms with Gasteiger partial charge in [-0.15, -0.1) is 0 Å². The van der Waals surface area contributed by atoms with Crippen LogP contribution in [0.15, 0.2) is 42.5 Å². The summed E-state index contributed by atoms with van der Waals surface area (Å²) in [4.78, 5) is 50.3. The summed E-state index contributed by atoms with van der Waals surface area (Å²) >= 11 is 0. The Bertz CT molecular complexity index is 738. The van der Waals surface area contributed by atoms with Gasteiger partial charge in [0.1, 0.15) is 5.75 Å². The van der Waals surface area contributed by atoms with Crippen molar-refractivity contribution in [2.75, 3.05) is 20.8 Å². The van der Waals surface area contributed by atoms with Crippen molar-refractivity contribution in [3.8, 4) is 5.75 Å². The largest absolute Gasteiger partial charge is 0.468 e. The zero-order chi connectivity index (χ0) is 22.6. The highest BCUT2D eigenvalue weighted by Crippen LogP contribution is 2.32. The van der Waals surface area contributed by atoms with Gasteiger partial charge in [0.25, 0.3) is 5.41 Å². The fourth-order valence-electron chi connectivity index (χ4n) is 2.69. The quantitative estimate of drug-likeness (QED) is 0.127. The van der Waals surface area contributed by atoms with E-state index in [9.17, 15) is 19.2 Å². The summed E-state index contributed by atoms with van der Waals surface area (Å²) in [6.45, 7) is 5.80. The molecule has 0 aliphatic rings. The second-order valence-corrected chi connectivity index (χ2v) is 6.57.